The number of hydrogen-bond donors (Lipinski definition) is 3. The highest BCUT2D eigenvalue weighted by molar-refractivity contribution is 5.92. The molecule has 0 unspecified atom stereocenters. The van der Waals surface area contributed by atoms with Gasteiger partial charge in [0.25, 0.3) is 5.91 Å². The molecule has 1 aromatic carbocycles. The third-order valence-electron chi connectivity index (χ3n) is 4.83. The molecule has 2 aromatic rings. The average Bonchev–Trinajstić information content (AvgIpc) is 2.73. The second-order valence-electron chi connectivity index (χ2n) is 7.11. The number of aliphatic hydroxyl groups excluding tert-OH is 1. The first-order valence-corrected chi connectivity index (χ1v) is 9.64. The molecule has 9 heteroatoms. The van der Waals surface area contributed by atoms with Gasteiger partial charge in [0.05, 0.1) is 25.2 Å². The summed E-state index contributed by atoms with van der Waals surface area (Å²) in [6.07, 6.45) is 1.50. The molecule has 0 saturated carbocycles. The summed E-state index contributed by atoms with van der Waals surface area (Å²) in [5, 5.41) is 15.1. The summed E-state index contributed by atoms with van der Waals surface area (Å²) >= 11 is 0. The standard InChI is InChI=1S/C21H23F2N3O4/c22-14-7-13(8-15(23)9-14)11-25-20(28)10-16-4-5-17(19(12-27)30-16)26-21(29)18-3-1-2-6-24-18/h1-3,6-9,16-17,19,27H,4-5,10-12H2,(H,25,28)(H,26,29)/t16-,17+,19+/m0/s1. The van der Waals surface area contributed by atoms with E-state index in [1.165, 1.54) is 6.20 Å². The lowest BCUT2D eigenvalue weighted by Gasteiger charge is -2.35. The first kappa shape index (κ1) is 21.8. The fraction of sp³-hybridized carbons (Fsp3) is 0.381. The summed E-state index contributed by atoms with van der Waals surface area (Å²) in [6, 6.07) is 7.66. The maximum Gasteiger partial charge on any atom is 0.270 e. The minimum absolute atomic E-state index is 0.00752. The van der Waals surface area contributed by atoms with E-state index in [1.807, 2.05) is 0 Å². The molecule has 0 aliphatic carbocycles. The number of carbonyl (C=O) groups is 2. The van der Waals surface area contributed by atoms with Gasteiger partial charge in [-0.25, -0.2) is 8.78 Å². The molecule has 1 saturated heterocycles. The summed E-state index contributed by atoms with van der Waals surface area (Å²) < 4.78 is 32.2. The van der Waals surface area contributed by atoms with Crippen LogP contribution in [0.1, 0.15) is 35.3 Å². The number of benzene rings is 1. The number of aliphatic hydroxyl groups is 1. The Labute approximate surface area is 172 Å². The largest absolute Gasteiger partial charge is 0.394 e. The first-order valence-electron chi connectivity index (χ1n) is 9.64. The van der Waals surface area contributed by atoms with E-state index >= 15 is 0 Å². The fourth-order valence-corrected chi connectivity index (χ4v) is 3.38. The lowest BCUT2D eigenvalue weighted by Crippen LogP contribution is -2.51. The zero-order valence-electron chi connectivity index (χ0n) is 16.2. The number of amides is 2. The normalized spacial score (nSPS) is 21.1. The Morgan fingerprint density at radius 1 is 1.17 bits per heavy atom. The predicted octanol–water partition coefficient (Wildman–Crippen LogP) is 1.70. The van der Waals surface area contributed by atoms with Gasteiger partial charge in [0.2, 0.25) is 5.91 Å². The molecule has 1 fully saturated rings. The van der Waals surface area contributed by atoms with Crippen molar-refractivity contribution in [1.82, 2.24) is 15.6 Å². The summed E-state index contributed by atoms with van der Waals surface area (Å²) in [5.41, 5.74) is 0.584. The molecule has 0 radical (unpaired) electrons. The van der Waals surface area contributed by atoms with Crippen molar-refractivity contribution in [3.05, 3.63) is 65.5 Å². The molecule has 3 atom stereocenters. The van der Waals surface area contributed by atoms with E-state index in [-0.39, 0.29) is 37.1 Å². The van der Waals surface area contributed by atoms with Crippen LogP contribution in [-0.2, 0) is 16.1 Å². The van der Waals surface area contributed by atoms with E-state index in [0.29, 0.717) is 18.4 Å². The highest BCUT2D eigenvalue weighted by atomic mass is 19.1. The number of pyridine rings is 1. The van der Waals surface area contributed by atoms with E-state index in [4.69, 9.17) is 4.74 Å². The van der Waals surface area contributed by atoms with Crippen molar-refractivity contribution in [2.24, 2.45) is 0 Å². The molecule has 3 rings (SSSR count). The number of ether oxygens (including phenoxy) is 1. The number of nitrogens with one attached hydrogen (secondary N) is 2. The Morgan fingerprint density at radius 3 is 2.60 bits per heavy atom. The van der Waals surface area contributed by atoms with Gasteiger partial charge in [-0.1, -0.05) is 6.07 Å². The second kappa shape index (κ2) is 10.2. The van der Waals surface area contributed by atoms with Gasteiger partial charge < -0.3 is 20.5 Å². The molecule has 3 N–H and O–H groups in total. The second-order valence-corrected chi connectivity index (χ2v) is 7.11. The van der Waals surface area contributed by atoms with E-state index in [9.17, 15) is 23.5 Å². The monoisotopic (exact) mass is 419 g/mol. The zero-order chi connectivity index (χ0) is 21.5. The van der Waals surface area contributed by atoms with Crippen LogP contribution in [0.5, 0.6) is 0 Å². The molecule has 7 nitrogen and oxygen atoms in total. The minimum Gasteiger partial charge on any atom is -0.394 e. The number of halogens is 2. The molecule has 160 valence electrons. The highest BCUT2D eigenvalue weighted by Gasteiger charge is 2.33. The van der Waals surface area contributed by atoms with Crippen LogP contribution in [0.2, 0.25) is 0 Å². The van der Waals surface area contributed by atoms with Crippen LogP contribution in [0.4, 0.5) is 8.78 Å². The number of hydrogen-bond acceptors (Lipinski definition) is 5. The van der Waals surface area contributed by atoms with Crippen molar-refractivity contribution < 1.29 is 28.2 Å². The van der Waals surface area contributed by atoms with Gasteiger partial charge in [0, 0.05) is 18.8 Å². The van der Waals surface area contributed by atoms with Gasteiger partial charge in [-0.3, -0.25) is 14.6 Å². The third kappa shape index (κ3) is 6.04. The molecule has 0 bridgehead atoms. The summed E-state index contributed by atoms with van der Waals surface area (Å²) in [5.74, 6) is -2.11. The smallest absolute Gasteiger partial charge is 0.270 e. The van der Waals surface area contributed by atoms with Gasteiger partial charge in [0.15, 0.2) is 0 Å². The molecule has 1 aliphatic rings. The predicted molar refractivity (Wildman–Crippen MR) is 103 cm³/mol. The summed E-state index contributed by atoms with van der Waals surface area (Å²) in [7, 11) is 0. The van der Waals surface area contributed by atoms with Gasteiger partial charge in [-0.05, 0) is 42.7 Å². The molecule has 1 aliphatic heterocycles. The maximum atomic E-state index is 13.2. The van der Waals surface area contributed by atoms with Crippen molar-refractivity contribution in [3.63, 3.8) is 0 Å². The minimum atomic E-state index is -0.709. The van der Waals surface area contributed by atoms with Gasteiger partial charge in [-0.2, -0.15) is 0 Å². The quantitative estimate of drug-likeness (QED) is 0.634. The molecular weight excluding hydrogens is 396 g/mol. The van der Waals surface area contributed by atoms with Gasteiger partial charge in [0.1, 0.15) is 23.4 Å². The molecule has 1 aromatic heterocycles. The lowest BCUT2D eigenvalue weighted by atomic mass is 9.96. The summed E-state index contributed by atoms with van der Waals surface area (Å²) in [4.78, 5) is 28.4. The maximum absolute atomic E-state index is 13.2. The Bertz CT molecular complexity index is 862. The Balaban J connectivity index is 1.48. The average molecular weight is 419 g/mol. The topological polar surface area (TPSA) is 101 Å². The lowest BCUT2D eigenvalue weighted by molar-refractivity contribution is -0.131. The fourth-order valence-electron chi connectivity index (χ4n) is 3.38. The third-order valence-corrected chi connectivity index (χ3v) is 4.83. The van der Waals surface area contributed by atoms with E-state index in [1.54, 1.807) is 18.2 Å². The number of rotatable bonds is 7. The van der Waals surface area contributed by atoms with Gasteiger partial charge in [-0.15, -0.1) is 0 Å². The van der Waals surface area contributed by atoms with Crippen LogP contribution < -0.4 is 10.6 Å². The van der Waals surface area contributed by atoms with E-state index in [2.05, 4.69) is 15.6 Å². The number of carbonyl (C=O) groups excluding carboxylic acids is 2. The SMILES string of the molecule is O=C(C[C@@H]1CC[C@@H](NC(=O)c2ccccn2)[C@@H](CO)O1)NCc1cc(F)cc(F)c1. The van der Waals surface area contributed by atoms with Crippen LogP contribution in [0.15, 0.2) is 42.6 Å². The highest BCUT2D eigenvalue weighted by Crippen LogP contribution is 2.22. The van der Waals surface area contributed by atoms with Crippen LogP contribution in [-0.4, -0.2) is 46.8 Å². The van der Waals surface area contributed by atoms with Crippen LogP contribution in [0.3, 0.4) is 0 Å². The Morgan fingerprint density at radius 2 is 1.93 bits per heavy atom. The van der Waals surface area contributed by atoms with Crippen molar-refractivity contribution in [3.8, 4) is 0 Å². The molecular formula is C21H23F2N3O4. The molecule has 0 spiro atoms. The Kier molecular flexibility index (Phi) is 7.42. The number of nitrogens with zero attached hydrogens (tertiary/aromatic N) is 1. The molecule has 2 heterocycles. The van der Waals surface area contributed by atoms with Crippen LogP contribution in [0, 0.1) is 11.6 Å². The van der Waals surface area contributed by atoms with Crippen molar-refractivity contribution >= 4 is 11.8 Å². The summed E-state index contributed by atoms with van der Waals surface area (Å²) in [6.45, 7) is -0.319. The van der Waals surface area contributed by atoms with Crippen LogP contribution in [0.25, 0.3) is 0 Å². The molecule has 30 heavy (non-hydrogen) atoms. The number of aromatic nitrogens is 1. The van der Waals surface area contributed by atoms with Crippen LogP contribution >= 0.6 is 0 Å². The first-order chi connectivity index (χ1) is 14.4. The molecule has 2 amide bonds. The van der Waals surface area contributed by atoms with Crippen molar-refractivity contribution in [1.29, 1.82) is 0 Å². The van der Waals surface area contributed by atoms with E-state index in [0.717, 1.165) is 18.2 Å². The van der Waals surface area contributed by atoms with Gasteiger partial charge >= 0.3 is 0 Å². The zero-order valence-corrected chi connectivity index (χ0v) is 16.2. The Hall–Kier alpha value is -2.91. The van der Waals surface area contributed by atoms with Crippen molar-refractivity contribution in [2.75, 3.05) is 6.61 Å². The van der Waals surface area contributed by atoms with Crippen molar-refractivity contribution in [2.45, 2.75) is 44.1 Å². The van der Waals surface area contributed by atoms with E-state index < -0.39 is 29.9 Å².